The molecule has 0 fully saturated rings. The second-order valence-corrected chi connectivity index (χ2v) is 2.79. The topological polar surface area (TPSA) is 27.7 Å². The summed E-state index contributed by atoms with van der Waals surface area (Å²) in [6.45, 7) is 7.89. The molecule has 0 rings (SSSR count). The van der Waals surface area contributed by atoms with Gasteiger partial charge in [0.15, 0.2) is 6.29 Å². The zero-order valence-corrected chi connectivity index (χ0v) is 8.75. The summed E-state index contributed by atoms with van der Waals surface area (Å²) in [5, 5.41) is 0. The third-order valence-corrected chi connectivity index (χ3v) is 1.56. The number of ether oxygens (including phenoxy) is 3. The average Bonchev–Trinajstić information content (AvgIpc) is 2.17. The summed E-state index contributed by atoms with van der Waals surface area (Å²) < 4.78 is 15.8. The summed E-state index contributed by atoms with van der Waals surface area (Å²) in [5.74, 6) is 0. The van der Waals surface area contributed by atoms with Crippen LogP contribution in [0, 0.1) is 6.92 Å². The van der Waals surface area contributed by atoms with Crippen LogP contribution in [0.2, 0.25) is 0 Å². The maximum Gasteiger partial charge on any atom is 0.159 e. The fourth-order valence-corrected chi connectivity index (χ4v) is 0.902. The lowest BCUT2D eigenvalue weighted by atomic mass is 10.4. The van der Waals surface area contributed by atoms with Crippen molar-refractivity contribution in [2.24, 2.45) is 0 Å². The number of hydrogen-bond donors (Lipinski definition) is 0. The SMILES string of the molecule is [CH2]CCOCCC(OC)OCCC. The van der Waals surface area contributed by atoms with Gasteiger partial charge in [-0.2, -0.15) is 0 Å². The smallest absolute Gasteiger partial charge is 0.159 e. The second-order valence-electron chi connectivity index (χ2n) is 2.79. The third-order valence-electron chi connectivity index (χ3n) is 1.56. The predicted octanol–water partition coefficient (Wildman–Crippen LogP) is 2.02. The van der Waals surface area contributed by atoms with Gasteiger partial charge in [0.05, 0.1) is 6.61 Å². The molecule has 0 saturated carbocycles. The van der Waals surface area contributed by atoms with Gasteiger partial charge in [0, 0.05) is 26.7 Å². The standard InChI is InChI=1S/C10H21O3/c1-4-7-12-9-6-10(11-3)13-8-5-2/h10H,1,4-9H2,2-3H3. The fourth-order valence-electron chi connectivity index (χ4n) is 0.902. The summed E-state index contributed by atoms with van der Waals surface area (Å²) in [4.78, 5) is 0. The molecule has 0 amide bonds. The number of methoxy groups -OCH3 is 1. The third kappa shape index (κ3) is 8.22. The molecular weight excluding hydrogens is 168 g/mol. The maximum absolute atomic E-state index is 5.40. The lowest BCUT2D eigenvalue weighted by Gasteiger charge is -2.15. The molecule has 0 saturated heterocycles. The van der Waals surface area contributed by atoms with Gasteiger partial charge in [-0.15, -0.1) is 0 Å². The Balaban J connectivity index is 3.25. The Bertz CT molecular complexity index is 96.2. The highest BCUT2D eigenvalue weighted by Crippen LogP contribution is 2.00. The van der Waals surface area contributed by atoms with E-state index in [0.717, 1.165) is 25.9 Å². The maximum atomic E-state index is 5.40. The van der Waals surface area contributed by atoms with Crippen LogP contribution >= 0.6 is 0 Å². The Hall–Kier alpha value is -0.120. The van der Waals surface area contributed by atoms with Crippen LogP contribution in [-0.2, 0) is 14.2 Å². The Kier molecular flexibility index (Phi) is 9.87. The molecule has 0 heterocycles. The zero-order valence-electron chi connectivity index (χ0n) is 8.75. The van der Waals surface area contributed by atoms with Crippen molar-refractivity contribution in [1.82, 2.24) is 0 Å². The molecule has 0 spiro atoms. The molecular formula is C10H21O3. The van der Waals surface area contributed by atoms with Gasteiger partial charge in [0.1, 0.15) is 0 Å². The molecule has 3 heteroatoms. The van der Waals surface area contributed by atoms with E-state index in [4.69, 9.17) is 14.2 Å². The van der Waals surface area contributed by atoms with Gasteiger partial charge in [0.25, 0.3) is 0 Å². The van der Waals surface area contributed by atoms with E-state index in [2.05, 4.69) is 13.8 Å². The first-order chi connectivity index (χ1) is 6.35. The normalized spacial score (nSPS) is 13.2. The van der Waals surface area contributed by atoms with Crippen LogP contribution in [0.25, 0.3) is 0 Å². The molecule has 1 atom stereocenters. The number of hydrogen-bond acceptors (Lipinski definition) is 3. The van der Waals surface area contributed by atoms with Crippen LogP contribution in [0.4, 0.5) is 0 Å². The minimum atomic E-state index is -0.121. The van der Waals surface area contributed by atoms with Crippen molar-refractivity contribution >= 4 is 0 Å². The Morgan fingerprint density at radius 3 is 2.54 bits per heavy atom. The minimum Gasteiger partial charge on any atom is -0.381 e. The van der Waals surface area contributed by atoms with Gasteiger partial charge < -0.3 is 14.2 Å². The fraction of sp³-hybridized carbons (Fsp3) is 0.900. The Labute approximate surface area is 81.4 Å². The molecule has 0 aliphatic rings. The molecule has 0 N–H and O–H groups in total. The Morgan fingerprint density at radius 2 is 2.00 bits per heavy atom. The van der Waals surface area contributed by atoms with Crippen molar-refractivity contribution in [2.45, 2.75) is 32.5 Å². The molecule has 0 aromatic carbocycles. The molecule has 79 valence electrons. The van der Waals surface area contributed by atoms with Crippen LogP contribution in [0.5, 0.6) is 0 Å². The van der Waals surface area contributed by atoms with Crippen molar-refractivity contribution in [1.29, 1.82) is 0 Å². The summed E-state index contributed by atoms with van der Waals surface area (Å²) >= 11 is 0. The van der Waals surface area contributed by atoms with Crippen LogP contribution in [0.15, 0.2) is 0 Å². The quantitative estimate of drug-likeness (QED) is 0.410. The molecule has 1 radical (unpaired) electrons. The van der Waals surface area contributed by atoms with Crippen molar-refractivity contribution in [2.75, 3.05) is 26.9 Å². The minimum absolute atomic E-state index is 0.121. The monoisotopic (exact) mass is 189 g/mol. The molecule has 0 bridgehead atoms. The molecule has 0 aromatic heterocycles. The van der Waals surface area contributed by atoms with Crippen LogP contribution in [0.3, 0.4) is 0 Å². The van der Waals surface area contributed by atoms with Gasteiger partial charge >= 0.3 is 0 Å². The highest BCUT2D eigenvalue weighted by atomic mass is 16.7. The van der Waals surface area contributed by atoms with E-state index in [1.54, 1.807) is 7.11 Å². The summed E-state index contributed by atoms with van der Waals surface area (Å²) in [7, 11) is 1.65. The molecule has 3 nitrogen and oxygen atoms in total. The van der Waals surface area contributed by atoms with E-state index < -0.39 is 0 Å². The van der Waals surface area contributed by atoms with Crippen molar-refractivity contribution in [3.63, 3.8) is 0 Å². The lowest BCUT2D eigenvalue weighted by molar-refractivity contribution is -0.135. The van der Waals surface area contributed by atoms with E-state index in [-0.39, 0.29) is 6.29 Å². The summed E-state index contributed by atoms with van der Waals surface area (Å²) in [5.41, 5.74) is 0. The Morgan fingerprint density at radius 1 is 1.23 bits per heavy atom. The molecule has 0 aliphatic carbocycles. The van der Waals surface area contributed by atoms with E-state index in [1.165, 1.54) is 0 Å². The number of rotatable bonds is 9. The van der Waals surface area contributed by atoms with Gasteiger partial charge in [-0.1, -0.05) is 13.8 Å². The molecule has 0 aliphatic heterocycles. The van der Waals surface area contributed by atoms with Crippen LogP contribution in [0.1, 0.15) is 26.2 Å². The van der Waals surface area contributed by atoms with Crippen LogP contribution in [-0.4, -0.2) is 33.2 Å². The largest absolute Gasteiger partial charge is 0.381 e. The average molecular weight is 189 g/mol. The highest BCUT2D eigenvalue weighted by Gasteiger charge is 2.05. The van der Waals surface area contributed by atoms with E-state index >= 15 is 0 Å². The van der Waals surface area contributed by atoms with Gasteiger partial charge in [-0.05, 0) is 12.8 Å². The first-order valence-electron chi connectivity index (χ1n) is 4.86. The summed E-state index contributed by atoms with van der Waals surface area (Å²) in [6, 6.07) is 0. The van der Waals surface area contributed by atoms with Gasteiger partial charge in [0.2, 0.25) is 0 Å². The lowest BCUT2D eigenvalue weighted by Crippen LogP contribution is -2.18. The first kappa shape index (κ1) is 12.9. The van der Waals surface area contributed by atoms with E-state index in [1.807, 2.05) is 0 Å². The molecule has 1 unspecified atom stereocenters. The zero-order chi connectivity index (χ0) is 9.94. The van der Waals surface area contributed by atoms with E-state index in [0.29, 0.717) is 13.2 Å². The highest BCUT2D eigenvalue weighted by molar-refractivity contribution is 4.44. The van der Waals surface area contributed by atoms with Crippen molar-refractivity contribution < 1.29 is 14.2 Å². The van der Waals surface area contributed by atoms with Crippen LogP contribution < -0.4 is 0 Å². The molecule has 13 heavy (non-hydrogen) atoms. The van der Waals surface area contributed by atoms with Crippen molar-refractivity contribution in [3.05, 3.63) is 6.92 Å². The first-order valence-corrected chi connectivity index (χ1v) is 4.86. The second kappa shape index (κ2) is 9.96. The molecule has 0 aromatic rings. The van der Waals surface area contributed by atoms with Gasteiger partial charge in [-0.3, -0.25) is 0 Å². The summed E-state index contributed by atoms with van der Waals surface area (Å²) in [6.07, 6.45) is 2.49. The van der Waals surface area contributed by atoms with E-state index in [9.17, 15) is 0 Å². The predicted molar refractivity (Wildman–Crippen MR) is 52.5 cm³/mol. The van der Waals surface area contributed by atoms with Gasteiger partial charge in [-0.25, -0.2) is 0 Å². The van der Waals surface area contributed by atoms with Crippen molar-refractivity contribution in [3.8, 4) is 0 Å².